The standard InChI is InChI=1S/C92H74N2Si2/c1-65(2)69-45-56-86-88(61-69)85-57-58-87-89(90(85)64-92(86)94(76-47-44-68-28-24-26-30-71(68)60-76)74-50-54-84(55-51-74)96(80-37-17-8-18-38-80,81-39-19-9-20-40-81)82-41-21-10-22-42-82)62-72(66(3)4)63-91(87)93(75-46-43-67-27-23-25-29-70(67)59-75)73-48-52-83(53-49-73)95(77-31-11-5-12-32-77,78-33-13-6-14-34-78)79-35-15-7-16-36-79/h5-66H,1-4H3. The van der Waals surface area contributed by atoms with Crippen LogP contribution >= 0.6 is 0 Å². The summed E-state index contributed by atoms with van der Waals surface area (Å²) in [6.45, 7) is 9.32. The molecule has 0 aliphatic heterocycles. The summed E-state index contributed by atoms with van der Waals surface area (Å²) in [6.07, 6.45) is 0. The molecule has 0 amide bonds. The minimum Gasteiger partial charge on any atom is -0.310 e. The molecular formula is C92H74N2Si2. The molecule has 0 aromatic heterocycles. The zero-order chi connectivity index (χ0) is 64.7. The monoisotopic (exact) mass is 1260 g/mol. The van der Waals surface area contributed by atoms with E-state index in [0.29, 0.717) is 5.92 Å². The second kappa shape index (κ2) is 25.3. The Morgan fingerprint density at radius 1 is 0.198 bits per heavy atom. The molecule has 0 bridgehead atoms. The Kier molecular flexibility index (Phi) is 15.8. The smallest absolute Gasteiger partial charge is 0.179 e. The zero-order valence-corrected chi connectivity index (χ0v) is 56.7. The molecule has 2 nitrogen and oxygen atoms in total. The van der Waals surface area contributed by atoms with Crippen LogP contribution in [0.4, 0.5) is 34.1 Å². The summed E-state index contributed by atoms with van der Waals surface area (Å²) in [5.41, 5.74) is 9.25. The Morgan fingerprint density at radius 2 is 0.479 bits per heavy atom. The largest absolute Gasteiger partial charge is 0.310 e. The molecule has 0 unspecified atom stereocenters. The first-order valence-corrected chi connectivity index (χ1v) is 37.8. The highest BCUT2D eigenvalue weighted by Gasteiger charge is 2.43. The van der Waals surface area contributed by atoms with Crippen LogP contribution in [0.25, 0.3) is 53.9 Å². The molecule has 460 valence electrons. The zero-order valence-electron chi connectivity index (χ0n) is 54.7. The number of fused-ring (bicyclic) bond motifs is 7. The molecule has 0 radical (unpaired) electrons. The molecule has 0 saturated heterocycles. The van der Waals surface area contributed by atoms with Crippen molar-refractivity contribution in [3.63, 3.8) is 0 Å². The molecule has 0 atom stereocenters. The van der Waals surface area contributed by atoms with Crippen LogP contribution in [0.1, 0.15) is 50.7 Å². The van der Waals surface area contributed by atoms with E-state index in [4.69, 9.17) is 0 Å². The molecule has 16 rings (SSSR count). The van der Waals surface area contributed by atoms with Crippen molar-refractivity contribution in [1.29, 1.82) is 0 Å². The van der Waals surface area contributed by atoms with Crippen molar-refractivity contribution in [1.82, 2.24) is 0 Å². The third-order valence-electron chi connectivity index (χ3n) is 20.2. The van der Waals surface area contributed by atoms with Crippen molar-refractivity contribution in [2.45, 2.75) is 39.5 Å². The first-order chi connectivity index (χ1) is 47.2. The van der Waals surface area contributed by atoms with Crippen molar-refractivity contribution in [3.05, 3.63) is 375 Å². The Morgan fingerprint density at radius 3 is 0.854 bits per heavy atom. The van der Waals surface area contributed by atoms with E-state index >= 15 is 0 Å². The number of benzene rings is 16. The van der Waals surface area contributed by atoms with E-state index in [0.717, 1.165) is 34.1 Å². The molecule has 4 heteroatoms. The summed E-state index contributed by atoms with van der Waals surface area (Å²) in [4.78, 5) is 5.08. The van der Waals surface area contributed by atoms with Gasteiger partial charge in [0.2, 0.25) is 0 Å². The summed E-state index contributed by atoms with van der Waals surface area (Å²) in [6, 6.07) is 138. The maximum Gasteiger partial charge on any atom is 0.179 e. The van der Waals surface area contributed by atoms with Gasteiger partial charge >= 0.3 is 0 Å². The highest BCUT2D eigenvalue weighted by molar-refractivity contribution is 7.20. The quantitative estimate of drug-likeness (QED) is 0.0540. The molecule has 0 fully saturated rings. The van der Waals surface area contributed by atoms with Gasteiger partial charge in [0.05, 0.1) is 11.4 Å². The van der Waals surface area contributed by atoms with E-state index in [2.05, 4.69) is 401 Å². The Balaban J connectivity index is 0.947. The summed E-state index contributed by atoms with van der Waals surface area (Å²) in [5.74, 6) is 0.541. The van der Waals surface area contributed by atoms with Crippen molar-refractivity contribution in [2.75, 3.05) is 9.80 Å². The SMILES string of the molecule is CC(C)c1ccc2c(N(c3ccc([Si](c4ccccc4)(c4ccccc4)c4ccccc4)cc3)c3ccc4ccccc4c3)cc3c4cc(C(C)C)cc(N(c5ccc([Si](c6ccccc6)(c6ccccc6)c6ccccc6)cc5)c5ccc6ccccc6c5)c4ccc3c2c1. The average molecular weight is 1260 g/mol. The number of anilines is 6. The lowest BCUT2D eigenvalue weighted by molar-refractivity contribution is 0.868. The third-order valence-corrected chi connectivity index (χ3v) is 29.8. The van der Waals surface area contributed by atoms with Gasteiger partial charge in [0.1, 0.15) is 0 Å². The number of hydrogen-bond acceptors (Lipinski definition) is 2. The van der Waals surface area contributed by atoms with E-state index in [1.807, 2.05) is 0 Å². The summed E-state index contributed by atoms with van der Waals surface area (Å²) in [5, 5.41) is 22.9. The predicted octanol–water partition coefficient (Wildman–Crippen LogP) is 19.4. The van der Waals surface area contributed by atoms with Crippen LogP contribution in [0.3, 0.4) is 0 Å². The average Bonchev–Trinajstić information content (AvgIpc) is 0.997. The fourth-order valence-corrected chi connectivity index (χ4v) is 25.0. The van der Waals surface area contributed by atoms with Gasteiger partial charge in [-0.05, 0) is 168 Å². The minimum absolute atomic E-state index is 0.219. The van der Waals surface area contributed by atoms with Gasteiger partial charge in [-0.15, -0.1) is 0 Å². The first-order valence-electron chi connectivity index (χ1n) is 33.8. The lowest BCUT2D eigenvalue weighted by Crippen LogP contribution is -2.74. The molecule has 0 aliphatic carbocycles. The fraction of sp³-hybridized carbons (Fsp3) is 0.0652. The summed E-state index contributed by atoms with van der Waals surface area (Å²) >= 11 is 0. The Bertz CT molecular complexity index is 5260. The molecule has 0 aliphatic rings. The summed E-state index contributed by atoms with van der Waals surface area (Å²) in [7, 11) is -5.68. The van der Waals surface area contributed by atoms with E-state index in [1.165, 1.54) is 106 Å². The minimum atomic E-state index is -2.85. The van der Waals surface area contributed by atoms with Crippen molar-refractivity contribution < 1.29 is 0 Å². The number of hydrogen-bond donors (Lipinski definition) is 0. The van der Waals surface area contributed by atoms with E-state index in [-0.39, 0.29) is 5.92 Å². The molecule has 16 aromatic carbocycles. The molecule has 16 aromatic rings. The molecule has 96 heavy (non-hydrogen) atoms. The van der Waals surface area contributed by atoms with Gasteiger partial charge in [0, 0.05) is 33.5 Å². The first kappa shape index (κ1) is 59.8. The number of rotatable bonds is 16. The van der Waals surface area contributed by atoms with Gasteiger partial charge in [0.15, 0.2) is 16.1 Å². The molecule has 0 heterocycles. The molecule has 0 saturated carbocycles. The maximum absolute atomic E-state index is 2.85. The highest BCUT2D eigenvalue weighted by atomic mass is 28.3. The van der Waals surface area contributed by atoms with E-state index in [9.17, 15) is 0 Å². The van der Waals surface area contributed by atoms with Crippen LogP contribution in [-0.4, -0.2) is 16.1 Å². The molecular weight excluding hydrogens is 1190 g/mol. The van der Waals surface area contributed by atoms with Crippen molar-refractivity contribution in [3.8, 4) is 0 Å². The van der Waals surface area contributed by atoms with Gasteiger partial charge in [0.25, 0.3) is 0 Å². The predicted molar refractivity (Wildman–Crippen MR) is 419 cm³/mol. The van der Waals surface area contributed by atoms with Crippen LogP contribution in [0.2, 0.25) is 0 Å². The lowest BCUT2D eigenvalue weighted by atomic mass is 9.89. The van der Waals surface area contributed by atoms with Crippen molar-refractivity contribution >= 4 is 146 Å². The molecule has 0 N–H and O–H groups in total. The number of nitrogens with zero attached hydrogens (tertiary/aromatic N) is 2. The Labute approximate surface area is 566 Å². The third kappa shape index (κ3) is 10.4. The fourth-order valence-electron chi connectivity index (χ4n) is 15.5. The molecule has 0 spiro atoms. The highest BCUT2D eigenvalue weighted by Crippen LogP contribution is 2.48. The van der Waals surface area contributed by atoms with Gasteiger partial charge in [-0.3, -0.25) is 0 Å². The summed E-state index contributed by atoms with van der Waals surface area (Å²) < 4.78 is 0. The van der Waals surface area contributed by atoms with Crippen LogP contribution in [0.15, 0.2) is 364 Å². The van der Waals surface area contributed by atoms with Crippen LogP contribution in [0.5, 0.6) is 0 Å². The van der Waals surface area contributed by atoms with Gasteiger partial charge in [-0.2, -0.15) is 0 Å². The van der Waals surface area contributed by atoms with Crippen molar-refractivity contribution in [2.24, 2.45) is 0 Å². The van der Waals surface area contributed by atoms with E-state index < -0.39 is 16.1 Å². The lowest BCUT2D eigenvalue weighted by Gasteiger charge is -2.35. The van der Waals surface area contributed by atoms with Crippen LogP contribution in [-0.2, 0) is 0 Å². The normalized spacial score (nSPS) is 11.9. The van der Waals surface area contributed by atoms with E-state index in [1.54, 1.807) is 0 Å². The second-order valence-corrected chi connectivity index (χ2v) is 33.9. The van der Waals surface area contributed by atoms with Gasteiger partial charge in [-0.25, -0.2) is 0 Å². The van der Waals surface area contributed by atoms with Crippen LogP contribution in [0, 0.1) is 0 Å². The van der Waals surface area contributed by atoms with Crippen LogP contribution < -0.4 is 51.3 Å². The second-order valence-electron chi connectivity index (χ2n) is 26.3. The van der Waals surface area contributed by atoms with Gasteiger partial charge in [-0.1, -0.05) is 331 Å². The maximum atomic E-state index is 2.54. The van der Waals surface area contributed by atoms with Gasteiger partial charge < -0.3 is 9.80 Å². The topological polar surface area (TPSA) is 6.48 Å². The Hall–Kier alpha value is -11.1.